The second-order valence-corrected chi connectivity index (χ2v) is 6.31. The van der Waals surface area contributed by atoms with Gasteiger partial charge in [-0.3, -0.25) is 0 Å². The summed E-state index contributed by atoms with van der Waals surface area (Å²) in [6.45, 7) is 0. The van der Waals surface area contributed by atoms with Crippen molar-refractivity contribution in [3.63, 3.8) is 0 Å². The highest BCUT2D eigenvalue weighted by molar-refractivity contribution is 5.85. The van der Waals surface area contributed by atoms with E-state index < -0.39 is 0 Å². The van der Waals surface area contributed by atoms with Crippen LogP contribution in [0.25, 0.3) is 12.2 Å². The van der Waals surface area contributed by atoms with Crippen LogP contribution in [0.4, 0.5) is 17.1 Å². The van der Waals surface area contributed by atoms with E-state index >= 15 is 0 Å². The zero-order chi connectivity index (χ0) is 18.3. The lowest BCUT2D eigenvalue weighted by molar-refractivity contribution is 1.28. The Morgan fingerprint density at radius 3 is 1.52 bits per heavy atom. The van der Waals surface area contributed by atoms with Crippen molar-refractivity contribution < 1.29 is 0 Å². The molecule has 0 atom stereocenters. The Morgan fingerprint density at radius 1 is 0.444 bits per heavy atom. The van der Waals surface area contributed by atoms with Crippen LogP contribution in [0.3, 0.4) is 0 Å². The largest absolute Gasteiger partial charge is 0.310 e. The number of hydrogen-bond donors (Lipinski definition) is 0. The fraction of sp³-hybridized carbons (Fsp3) is 0. The lowest BCUT2D eigenvalue weighted by Gasteiger charge is -2.27. The van der Waals surface area contributed by atoms with Crippen LogP contribution in [0.2, 0.25) is 0 Å². The highest BCUT2D eigenvalue weighted by atomic mass is 15.1. The van der Waals surface area contributed by atoms with Gasteiger partial charge in [0.2, 0.25) is 0 Å². The maximum Gasteiger partial charge on any atom is 0.0533 e. The zero-order valence-electron chi connectivity index (χ0n) is 15.1. The number of hydrogen-bond acceptors (Lipinski definition) is 1. The smallest absolute Gasteiger partial charge is 0.0533 e. The van der Waals surface area contributed by atoms with E-state index in [2.05, 4.69) is 114 Å². The van der Waals surface area contributed by atoms with Crippen LogP contribution in [-0.4, -0.2) is 0 Å². The Morgan fingerprint density at radius 2 is 0.926 bits per heavy atom. The maximum absolute atomic E-state index is 2.30. The lowest BCUT2D eigenvalue weighted by Crippen LogP contribution is -2.10. The molecule has 0 radical (unpaired) electrons. The molecule has 0 bridgehead atoms. The van der Waals surface area contributed by atoms with Crippen LogP contribution in [-0.2, 0) is 0 Å². The van der Waals surface area contributed by atoms with Crippen molar-refractivity contribution in [2.24, 2.45) is 0 Å². The molecule has 4 aromatic rings. The summed E-state index contributed by atoms with van der Waals surface area (Å²) in [5.74, 6) is 0. The SMILES string of the molecule is C(=C/c1ccccc1N(c1ccccc1)c1ccccc1)/c1ccccc1. The Balaban J connectivity index is 1.81. The molecule has 0 aliphatic carbocycles. The van der Waals surface area contributed by atoms with Gasteiger partial charge in [0.15, 0.2) is 0 Å². The van der Waals surface area contributed by atoms with Crippen LogP contribution in [0.5, 0.6) is 0 Å². The topological polar surface area (TPSA) is 3.24 Å². The summed E-state index contributed by atoms with van der Waals surface area (Å²) in [6.07, 6.45) is 4.34. The Labute approximate surface area is 160 Å². The maximum atomic E-state index is 2.30. The normalized spacial score (nSPS) is 10.8. The minimum atomic E-state index is 1.14. The number of nitrogens with zero attached hydrogens (tertiary/aromatic N) is 1. The molecule has 0 unspecified atom stereocenters. The summed E-state index contributed by atoms with van der Waals surface area (Å²) in [6, 6.07) is 39.9. The molecule has 0 aliphatic heterocycles. The molecule has 130 valence electrons. The van der Waals surface area contributed by atoms with Crippen molar-refractivity contribution in [1.82, 2.24) is 0 Å². The summed E-state index contributed by atoms with van der Waals surface area (Å²) in [4.78, 5) is 2.30. The second-order valence-electron chi connectivity index (χ2n) is 6.31. The molecule has 0 saturated carbocycles. The molecule has 4 rings (SSSR count). The van der Waals surface area contributed by atoms with E-state index in [1.165, 1.54) is 11.1 Å². The number of para-hydroxylation sites is 3. The molecular weight excluding hydrogens is 326 g/mol. The van der Waals surface area contributed by atoms with Gasteiger partial charge >= 0.3 is 0 Å². The van der Waals surface area contributed by atoms with E-state index in [0.29, 0.717) is 0 Å². The summed E-state index contributed by atoms with van der Waals surface area (Å²) < 4.78 is 0. The fourth-order valence-corrected chi connectivity index (χ4v) is 3.16. The molecule has 4 aromatic carbocycles. The van der Waals surface area contributed by atoms with Crippen LogP contribution >= 0.6 is 0 Å². The standard InChI is InChI=1S/C26H21N/c1-4-12-22(13-5-1)20-21-23-14-10-11-19-26(23)27(24-15-6-2-7-16-24)25-17-8-3-9-18-25/h1-21H/b21-20-. The Bertz CT molecular complexity index is 966. The summed E-state index contributed by atoms with van der Waals surface area (Å²) in [5, 5.41) is 0. The fourth-order valence-electron chi connectivity index (χ4n) is 3.16. The van der Waals surface area contributed by atoms with E-state index in [0.717, 1.165) is 17.1 Å². The van der Waals surface area contributed by atoms with Gasteiger partial charge in [0.25, 0.3) is 0 Å². The molecule has 0 fully saturated rings. The molecule has 0 spiro atoms. The molecular formula is C26H21N. The van der Waals surface area contributed by atoms with Gasteiger partial charge in [-0.2, -0.15) is 0 Å². The van der Waals surface area contributed by atoms with Gasteiger partial charge in [-0.15, -0.1) is 0 Å². The number of benzene rings is 4. The third kappa shape index (κ3) is 3.99. The van der Waals surface area contributed by atoms with Crippen LogP contribution in [0.15, 0.2) is 115 Å². The Hall–Kier alpha value is -3.58. The Kier molecular flexibility index (Phi) is 5.12. The van der Waals surface area contributed by atoms with Gasteiger partial charge in [0.1, 0.15) is 0 Å². The van der Waals surface area contributed by atoms with Gasteiger partial charge in [-0.25, -0.2) is 0 Å². The van der Waals surface area contributed by atoms with Crippen molar-refractivity contribution in [2.45, 2.75) is 0 Å². The van der Waals surface area contributed by atoms with Gasteiger partial charge in [-0.1, -0.05) is 97.1 Å². The van der Waals surface area contributed by atoms with Crippen molar-refractivity contribution >= 4 is 29.2 Å². The van der Waals surface area contributed by atoms with Gasteiger partial charge in [0.05, 0.1) is 5.69 Å². The average molecular weight is 347 g/mol. The molecule has 1 heteroatoms. The van der Waals surface area contributed by atoms with Gasteiger partial charge in [0, 0.05) is 11.4 Å². The van der Waals surface area contributed by atoms with Gasteiger partial charge < -0.3 is 4.90 Å². The van der Waals surface area contributed by atoms with Crippen LogP contribution < -0.4 is 4.90 Å². The van der Waals surface area contributed by atoms with Crippen molar-refractivity contribution in [3.8, 4) is 0 Å². The average Bonchev–Trinajstić information content (AvgIpc) is 2.76. The van der Waals surface area contributed by atoms with E-state index in [-0.39, 0.29) is 0 Å². The summed E-state index contributed by atoms with van der Waals surface area (Å²) >= 11 is 0. The molecule has 0 amide bonds. The van der Waals surface area contributed by atoms with E-state index in [9.17, 15) is 0 Å². The van der Waals surface area contributed by atoms with Crippen molar-refractivity contribution in [2.75, 3.05) is 4.90 Å². The minimum Gasteiger partial charge on any atom is -0.310 e. The number of anilines is 3. The molecule has 0 saturated heterocycles. The molecule has 1 nitrogen and oxygen atoms in total. The van der Waals surface area contributed by atoms with Crippen LogP contribution in [0, 0.1) is 0 Å². The van der Waals surface area contributed by atoms with E-state index in [1.54, 1.807) is 0 Å². The van der Waals surface area contributed by atoms with E-state index in [4.69, 9.17) is 0 Å². The van der Waals surface area contributed by atoms with Crippen LogP contribution in [0.1, 0.15) is 11.1 Å². The molecule has 27 heavy (non-hydrogen) atoms. The number of rotatable bonds is 5. The van der Waals surface area contributed by atoms with Crippen molar-refractivity contribution in [3.05, 3.63) is 126 Å². The highest BCUT2D eigenvalue weighted by Gasteiger charge is 2.13. The predicted molar refractivity (Wildman–Crippen MR) is 116 cm³/mol. The molecule has 0 aromatic heterocycles. The lowest BCUT2D eigenvalue weighted by atomic mass is 10.1. The molecule has 0 heterocycles. The minimum absolute atomic E-state index is 1.14. The molecule has 0 aliphatic rings. The third-order valence-electron chi connectivity index (χ3n) is 4.46. The summed E-state index contributed by atoms with van der Waals surface area (Å²) in [7, 11) is 0. The second kappa shape index (κ2) is 8.20. The third-order valence-corrected chi connectivity index (χ3v) is 4.46. The zero-order valence-corrected chi connectivity index (χ0v) is 15.1. The first kappa shape index (κ1) is 16.9. The first-order valence-corrected chi connectivity index (χ1v) is 9.14. The van der Waals surface area contributed by atoms with Crippen molar-refractivity contribution in [1.29, 1.82) is 0 Å². The monoisotopic (exact) mass is 347 g/mol. The molecule has 0 N–H and O–H groups in total. The quantitative estimate of drug-likeness (QED) is 0.342. The first-order chi connectivity index (χ1) is 13.4. The predicted octanol–water partition coefficient (Wildman–Crippen LogP) is 7.33. The summed E-state index contributed by atoms with van der Waals surface area (Å²) in [5.41, 5.74) is 5.81. The first-order valence-electron chi connectivity index (χ1n) is 9.14. The highest BCUT2D eigenvalue weighted by Crippen LogP contribution is 2.36. The van der Waals surface area contributed by atoms with Gasteiger partial charge in [-0.05, 0) is 41.5 Å². The van der Waals surface area contributed by atoms with E-state index in [1.807, 2.05) is 18.2 Å².